The highest BCUT2D eigenvalue weighted by Crippen LogP contribution is 2.41. The number of ether oxygens (including phenoxy) is 3. The van der Waals surface area contributed by atoms with Crippen LogP contribution in [0.5, 0.6) is 17.2 Å². The van der Waals surface area contributed by atoms with Gasteiger partial charge in [-0.25, -0.2) is 9.98 Å². The third-order valence-electron chi connectivity index (χ3n) is 5.60. The van der Waals surface area contributed by atoms with E-state index in [0.717, 1.165) is 33.7 Å². The first-order valence-electron chi connectivity index (χ1n) is 11.2. The number of aliphatic imine (C=N–C) groups is 1. The summed E-state index contributed by atoms with van der Waals surface area (Å²) in [5.41, 5.74) is 4.58. The van der Waals surface area contributed by atoms with E-state index in [1.165, 1.54) is 29.0 Å². The monoisotopic (exact) mass is 503 g/mol. The van der Waals surface area contributed by atoms with Crippen LogP contribution >= 0.6 is 11.3 Å². The predicted octanol–water partition coefficient (Wildman–Crippen LogP) is 6.72. The number of nitro benzene ring substituents is 1. The Morgan fingerprint density at radius 3 is 2.08 bits per heavy atom. The molecular formula is C27H25N3O5S. The van der Waals surface area contributed by atoms with Gasteiger partial charge in [-0.3, -0.25) is 10.1 Å². The van der Waals surface area contributed by atoms with Gasteiger partial charge in [-0.05, 0) is 41.8 Å². The Labute approximate surface area is 213 Å². The molecule has 0 amide bonds. The number of nitro groups is 1. The fraction of sp³-hybridized carbons (Fsp3) is 0.185. The zero-order chi connectivity index (χ0) is 25.7. The van der Waals surface area contributed by atoms with Crippen molar-refractivity contribution in [3.63, 3.8) is 0 Å². The molecule has 3 aromatic carbocycles. The van der Waals surface area contributed by atoms with Crippen molar-refractivity contribution < 1.29 is 19.1 Å². The molecule has 1 heterocycles. The van der Waals surface area contributed by atoms with Crippen molar-refractivity contribution in [2.45, 2.75) is 13.3 Å². The van der Waals surface area contributed by atoms with Crippen molar-refractivity contribution in [2.24, 2.45) is 4.99 Å². The Kier molecular flexibility index (Phi) is 7.60. The van der Waals surface area contributed by atoms with Gasteiger partial charge in [0.15, 0.2) is 11.5 Å². The Morgan fingerprint density at radius 2 is 1.56 bits per heavy atom. The van der Waals surface area contributed by atoms with Crippen LogP contribution in [0, 0.1) is 10.1 Å². The van der Waals surface area contributed by atoms with Gasteiger partial charge in [0.05, 0.1) is 36.8 Å². The van der Waals surface area contributed by atoms with Crippen LogP contribution in [0.25, 0.3) is 21.7 Å². The van der Waals surface area contributed by atoms with Crippen LogP contribution in [0.3, 0.4) is 0 Å². The number of hydrogen-bond acceptors (Lipinski definition) is 8. The third-order valence-corrected chi connectivity index (χ3v) is 6.62. The molecule has 36 heavy (non-hydrogen) atoms. The van der Waals surface area contributed by atoms with Crippen molar-refractivity contribution in [3.8, 4) is 38.9 Å². The van der Waals surface area contributed by atoms with E-state index in [4.69, 9.17) is 19.2 Å². The second-order valence-corrected chi connectivity index (χ2v) is 8.72. The zero-order valence-corrected chi connectivity index (χ0v) is 21.2. The second-order valence-electron chi connectivity index (χ2n) is 7.75. The summed E-state index contributed by atoms with van der Waals surface area (Å²) in [5.74, 6) is 1.56. The number of thiazole rings is 1. The van der Waals surface area contributed by atoms with Crippen molar-refractivity contribution in [1.82, 2.24) is 4.98 Å². The van der Waals surface area contributed by atoms with E-state index < -0.39 is 4.92 Å². The SMILES string of the molecule is CCc1ccc(-c2nc(N=Cc3cc(OC)c(OC)c(OC)c3)sc2-c2ccc([N+](=O)[O-])cc2)cc1. The molecule has 0 aliphatic heterocycles. The molecule has 0 spiro atoms. The molecule has 0 bridgehead atoms. The minimum atomic E-state index is -0.409. The maximum absolute atomic E-state index is 11.1. The minimum absolute atomic E-state index is 0.0396. The summed E-state index contributed by atoms with van der Waals surface area (Å²) in [5, 5.41) is 11.7. The fourth-order valence-corrected chi connectivity index (χ4v) is 4.63. The molecule has 0 N–H and O–H groups in total. The predicted molar refractivity (Wildman–Crippen MR) is 142 cm³/mol. The summed E-state index contributed by atoms with van der Waals surface area (Å²) >= 11 is 1.41. The molecule has 0 saturated heterocycles. The molecule has 0 atom stereocenters. The fourth-order valence-electron chi connectivity index (χ4n) is 3.69. The molecule has 4 rings (SSSR count). The van der Waals surface area contributed by atoms with Crippen molar-refractivity contribution in [1.29, 1.82) is 0 Å². The van der Waals surface area contributed by atoms with E-state index in [9.17, 15) is 10.1 Å². The molecule has 0 fully saturated rings. The van der Waals surface area contributed by atoms with Gasteiger partial charge in [-0.15, -0.1) is 0 Å². The van der Waals surface area contributed by atoms with E-state index >= 15 is 0 Å². The maximum atomic E-state index is 11.1. The number of hydrogen-bond donors (Lipinski definition) is 0. The average molecular weight is 504 g/mol. The van der Waals surface area contributed by atoms with Crippen LogP contribution in [0.15, 0.2) is 65.7 Å². The molecule has 4 aromatic rings. The van der Waals surface area contributed by atoms with Gasteiger partial charge in [0.25, 0.3) is 5.69 Å². The van der Waals surface area contributed by atoms with Crippen LogP contribution in [-0.2, 0) is 6.42 Å². The normalized spacial score (nSPS) is 11.0. The summed E-state index contributed by atoms with van der Waals surface area (Å²) in [4.78, 5) is 21.0. The highest BCUT2D eigenvalue weighted by Gasteiger charge is 2.17. The van der Waals surface area contributed by atoms with E-state index in [-0.39, 0.29) is 5.69 Å². The summed E-state index contributed by atoms with van der Waals surface area (Å²) in [7, 11) is 4.68. The lowest BCUT2D eigenvalue weighted by Crippen LogP contribution is -1.96. The quantitative estimate of drug-likeness (QED) is 0.143. The van der Waals surface area contributed by atoms with Crippen LogP contribution in [0.2, 0.25) is 0 Å². The van der Waals surface area contributed by atoms with Gasteiger partial charge < -0.3 is 14.2 Å². The summed E-state index contributed by atoms with van der Waals surface area (Å²) < 4.78 is 16.2. The largest absolute Gasteiger partial charge is 0.493 e. The highest BCUT2D eigenvalue weighted by atomic mass is 32.1. The maximum Gasteiger partial charge on any atom is 0.269 e. The van der Waals surface area contributed by atoms with Gasteiger partial charge in [0.1, 0.15) is 0 Å². The molecule has 1 aromatic heterocycles. The Morgan fingerprint density at radius 1 is 0.944 bits per heavy atom. The molecule has 0 aliphatic rings. The standard InChI is InChI=1S/C27H25N3O5S/c1-5-17-6-8-19(9-7-17)24-26(20-10-12-21(13-11-20)30(31)32)36-27(29-24)28-16-18-14-22(33-2)25(35-4)23(15-18)34-3/h6-16H,5H2,1-4H3. The van der Waals surface area contributed by atoms with E-state index in [2.05, 4.69) is 24.0 Å². The van der Waals surface area contributed by atoms with E-state index in [1.807, 2.05) is 12.1 Å². The Balaban J connectivity index is 1.76. The van der Waals surface area contributed by atoms with Gasteiger partial charge in [0.2, 0.25) is 10.9 Å². The third kappa shape index (κ3) is 5.21. The lowest BCUT2D eigenvalue weighted by Gasteiger charge is -2.12. The molecule has 0 aliphatic carbocycles. The van der Waals surface area contributed by atoms with Crippen molar-refractivity contribution in [2.75, 3.05) is 21.3 Å². The minimum Gasteiger partial charge on any atom is -0.493 e. The number of aryl methyl sites for hydroxylation is 1. The van der Waals surface area contributed by atoms with E-state index in [1.54, 1.807) is 51.8 Å². The number of nitrogens with zero attached hydrogens (tertiary/aromatic N) is 3. The van der Waals surface area contributed by atoms with Crippen LogP contribution in [-0.4, -0.2) is 37.5 Å². The first-order valence-corrected chi connectivity index (χ1v) is 12.0. The second kappa shape index (κ2) is 11.0. The smallest absolute Gasteiger partial charge is 0.269 e. The average Bonchev–Trinajstić information content (AvgIpc) is 3.35. The highest BCUT2D eigenvalue weighted by molar-refractivity contribution is 7.19. The summed E-state index contributed by atoms with van der Waals surface area (Å²) in [6.07, 6.45) is 2.63. The lowest BCUT2D eigenvalue weighted by atomic mass is 10.0. The Bertz CT molecular complexity index is 1370. The first kappa shape index (κ1) is 24.9. The molecular weight excluding hydrogens is 478 g/mol. The van der Waals surface area contributed by atoms with Crippen molar-refractivity contribution in [3.05, 3.63) is 81.9 Å². The summed E-state index contributed by atoms with van der Waals surface area (Å²) in [6, 6.07) is 18.3. The molecule has 9 heteroatoms. The van der Waals surface area contributed by atoms with Gasteiger partial charge in [-0.2, -0.15) is 0 Å². The number of benzene rings is 3. The van der Waals surface area contributed by atoms with Crippen LogP contribution < -0.4 is 14.2 Å². The zero-order valence-electron chi connectivity index (χ0n) is 20.3. The molecule has 0 unspecified atom stereocenters. The van der Waals surface area contributed by atoms with Crippen LogP contribution in [0.4, 0.5) is 10.8 Å². The summed E-state index contributed by atoms with van der Waals surface area (Å²) in [6.45, 7) is 2.11. The van der Waals surface area contributed by atoms with Gasteiger partial charge in [-0.1, -0.05) is 42.5 Å². The van der Waals surface area contributed by atoms with E-state index in [0.29, 0.717) is 22.4 Å². The molecule has 184 valence electrons. The van der Waals surface area contributed by atoms with Gasteiger partial charge >= 0.3 is 0 Å². The van der Waals surface area contributed by atoms with Gasteiger partial charge in [0, 0.05) is 29.5 Å². The number of rotatable bonds is 9. The molecule has 0 radical (unpaired) electrons. The van der Waals surface area contributed by atoms with Crippen molar-refractivity contribution >= 4 is 28.4 Å². The lowest BCUT2D eigenvalue weighted by molar-refractivity contribution is -0.384. The topological polar surface area (TPSA) is 96.1 Å². The number of aromatic nitrogens is 1. The molecule has 0 saturated carbocycles. The van der Waals surface area contributed by atoms with Crippen LogP contribution in [0.1, 0.15) is 18.1 Å². The first-order chi connectivity index (χ1) is 17.5. The number of methoxy groups -OCH3 is 3. The Hall–Kier alpha value is -4.24. The molecule has 8 nitrogen and oxygen atoms in total. The number of non-ortho nitro benzene ring substituents is 1.